The highest BCUT2D eigenvalue weighted by Gasteiger charge is 2.16. The molecule has 0 aliphatic rings. The van der Waals surface area contributed by atoms with E-state index in [2.05, 4.69) is 15.5 Å². The van der Waals surface area contributed by atoms with E-state index < -0.39 is 0 Å². The number of hydrogen-bond donors (Lipinski definition) is 2. The maximum atomic E-state index is 12.0. The summed E-state index contributed by atoms with van der Waals surface area (Å²) in [5, 5.41) is 6.41. The molecule has 1 heterocycles. The van der Waals surface area contributed by atoms with E-state index in [1.807, 2.05) is 19.1 Å². The summed E-state index contributed by atoms with van der Waals surface area (Å²) in [6.45, 7) is 3.78. The molecule has 0 saturated heterocycles. The first-order valence-electron chi connectivity index (χ1n) is 5.98. The maximum Gasteiger partial charge on any atom is 0.246 e. The van der Waals surface area contributed by atoms with Crippen molar-refractivity contribution in [3.05, 3.63) is 41.5 Å². The largest absolute Gasteiger partial charge is 0.399 e. The van der Waals surface area contributed by atoms with Crippen molar-refractivity contribution in [1.29, 1.82) is 0 Å². The van der Waals surface area contributed by atoms with Crippen LogP contribution in [0.3, 0.4) is 0 Å². The molecule has 1 unspecified atom stereocenters. The smallest absolute Gasteiger partial charge is 0.246 e. The average molecular weight is 260 g/mol. The second kappa shape index (κ2) is 5.51. The monoisotopic (exact) mass is 260 g/mol. The number of hydrogen-bond acceptors (Lipinski definition) is 5. The predicted octanol–water partition coefficient (Wildman–Crippen LogP) is 1.38. The molecule has 3 N–H and O–H groups in total. The minimum atomic E-state index is -0.285. The molecule has 2 rings (SSSR count). The SMILES string of the molecule is Cc1noc(CNC(=O)C(C)c2cccc(N)c2)n1. The Labute approximate surface area is 111 Å². The normalized spacial score (nSPS) is 12.1. The Kier molecular flexibility index (Phi) is 3.79. The number of carbonyl (C=O) groups is 1. The fourth-order valence-corrected chi connectivity index (χ4v) is 1.71. The quantitative estimate of drug-likeness (QED) is 0.810. The molecule has 6 heteroatoms. The molecule has 0 aliphatic heterocycles. The summed E-state index contributed by atoms with van der Waals surface area (Å²) >= 11 is 0. The summed E-state index contributed by atoms with van der Waals surface area (Å²) in [7, 11) is 0. The van der Waals surface area contributed by atoms with Crippen LogP contribution in [-0.2, 0) is 11.3 Å². The number of nitrogen functional groups attached to an aromatic ring is 1. The fraction of sp³-hybridized carbons (Fsp3) is 0.308. The van der Waals surface area contributed by atoms with Crippen LogP contribution in [0.1, 0.15) is 30.1 Å². The van der Waals surface area contributed by atoms with Crippen LogP contribution in [0.2, 0.25) is 0 Å². The summed E-state index contributed by atoms with van der Waals surface area (Å²) in [5.74, 6) is 0.549. The number of anilines is 1. The molecule has 100 valence electrons. The minimum absolute atomic E-state index is 0.110. The van der Waals surface area contributed by atoms with Gasteiger partial charge in [0, 0.05) is 5.69 Å². The van der Waals surface area contributed by atoms with Crippen molar-refractivity contribution in [1.82, 2.24) is 15.5 Å². The number of nitrogens with zero attached hydrogens (tertiary/aromatic N) is 2. The predicted molar refractivity (Wildman–Crippen MR) is 70.2 cm³/mol. The minimum Gasteiger partial charge on any atom is -0.399 e. The Bertz CT molecular complexity index is 580. The Hall–Kier alpha value is -2.37. The lowest BCUT2D eigenvalue weighted by molar-refractivity contribution is -0.122. The van der Waals surface area contributed by atoms with Gasteiger partial charge in [-0.1, -0.05) is 17.3 Å². The third-order valence-electron chi connectivity index (χ3n) is 2.79. The summed E-state index contributed by atoms with van der Waals surface area (Å²) in [6, 6.07) is 7.28. The maximum absolute atomic E-state index is 12.0. The van der Waals surface area contributed by atoms with E-state index in [0.29, 0.717) is 17.4 Å². The number of carbonyl (C=O) groups excluding carboxylic acids is 1. The molecule has 19 heavy (non-hydrogen) atoms. The van der Waals surface area contributed by atoms with E-state index in [0.717, 1.165) is 5.56 Å². The molecule has 1 aromatic carbocycles. The molecular weight excluding hydrogens is 244 g/mol. The zero-order chi connectivity index (χ0) is 13.8. The Morgan fingerprint density at radius 2 is 2.32 bits per heavy atom. The van der Waals surface area contributed by atoms with Gasteiger partial charge in [0.2, 0.25) is 11.8 Å². The molecule has 0 radical (unpaired) electrons. The molecule has 1 atom stereocenters. The van der Waals surface area contributed by atoms with Crippen LogP contribution in [0.15, 0.2) is 28.8 Å². The molecule has 0 bridgehead atoms. The highest BCUT2D eigenvalue weighted by molar-refractivity contribution is 5.83. The van der Waals surface area contributed by atoms with Gasteiger partial charge in [-0.25, -0.2) is 0 Å². The van der Waals surface area contributed by atoms with Gasteiger partial charge in [-0.2, -0.15) is 4.98 Å². The summed E-state index contributed by atoms with van der Waals surface area (Å²) in [6.07, 6.45) is 0. The topological polar surface area (TPSA) is 94.0 Å². The highest BCUT2D eigenvalue weighted by atomic mass is 16.5. The van der Waals surface area contributed by atoms with E-state index in [-0.39, 0.29) is 18.4 Å². The van der Waals surface area contributed by atoms with Crippen LogP contribution in [0.25, 0.3) is 0 Å². The second-order valence-electron chi connectivity index (χ2n) is 4.34. The third kappa shape index (κ3) is 3.31. The second-order valence-corrected chi connectivity index (χ2v) is 4.34. The van der Waals surface area contributed by atoms with Gasteiger partial charge in [0.05, 0.1) is 12.5 Å². The average Bonchev–Trinajstić information content (AvgIpc) is 2.81. The molecule has 0 saturated carbocycles. The Balaban J connectivity index is 1.96. The first kappa shape index (κ1) is 13.1. The van der Waals surface area contributed by atoms with Gasteiger partial charge in [0.25, 0.3) is 0 Å². The standard InChI is InChI=1S/C13H16N4O2/c1-8(10-4-3-5-11(14)6-10)13(18)15-7-12-16-9(2)17-19-12/h3-6,8H,7,14H2,1-2H3,(H,15,18). The Morgan fingerprint density at radius 3 is 2.95 bits per heavy atom. The lowest BCUT2D eigenvalue weighted by Crippen LogP contribution is -2.27. The number of aryl methyl sites for hydroxylation is 1. The van der Waals surface area contributed by atoms with Crippen LogP contribution in [0, 0.1) is 6.92 Å². The van der Waals surface area contributed by atoms with E-state index in [1.165, 1.54) is 0 Å². The van der Waals surface area contributed by atoms with Gasteiger partial charge in [-0.3, -0.25) is 4.79 Å². The van der Waals surface area contributed by atoms with Crippen molar-refractivity contribution in [2.24, 2.45) is 0 Å². The van der Waals surface area contributed by atoms with Crippen LogP contribution >= 0.6 is 0 Å². The lowest BCUT2D eigenvalue weighted by atomic mass is 10.00. The summed E-state index contributed by atoms with van der Waals surface area (Å²) < 4.78 is 4.92. The summed E-state index contributed by atoms with van der Waals surface area (Å²) in [4.78, 5) is 16.0. The number of aromatic nitrogens is 2. The molecule has 0 fully saturated rings. The lowest BCUT2D eigenvalue weighted by Gasteiger charge is -2.11. The van der Waals surface area contributed by atoms with Gasteiger partial charge in [0.1, 0.15) is 0 Å². The van der Waals surface area contributed by atoms with E-state index in [9.17, 15) is 4.79 Å². The van der Waals surface area contributed by atoms with Crippen molar-refractivity contribution < 1.29 is 9.32 Å². The van der Waals surface area contributed by atoms with Gasteiger partial charge in [-0.15, -0.1) is 0 Å². The number of nitrogens with one attached hydrogen (secondary N) is 1. The number of rotatable bonds is 4. The number of nitrogens with two attached hydrogens (primary N) is 1. The summed E-state index contributed by atoms with van der Waals surface area (Å²) in [5.41, 5.74) is 7.22. The van der Waals surface area contributed by atoms with E-state index in [1.54, 1.807) is 19.1 Å². The fourth-order valence-electron chi connectivity index (χ4n) is 1.71. The zero-order valence-electron chi connectivity index (χ0n) is 10.9. The first-order chi connectivity index (χ1) is 9.06. The molecule has 1 aromatic heterocycles. The van der Waals surface area contributed by atoms with E-state index >= 15 is 0 Å². The van der Waals surface area contributed by atoms with Crippen molar-refractivity contribution >= 4 is 11.6 Å². The van der Waals surface area contributed by atoms with Gasteiger partial charge >= 0.3 is 0 Å². The number of amides is 1. The van der Waals surface area contributed by atoms with Crippen molar-refractivity contribution in [3.63, 3.8) is 0 Å². The van der Waals surface area contributed by atoms with Crippen molar-refractivity contribution in [2.75, 3.05) is 5.73 Å². The first-order valence-corrected chi connectivity index (χ1v) is 5.98. The van der Waals surface area contributed by atoms with Crippen LogP contribution in [0.4, 0.5) is 5.69 Å². The molecule has 0 aliphatic carbocycles. The van der Waals surface area contributed by atoms with Gasteiger partial charge < -0.3 is 15.6 Å². The van der Waals surface area contributed by atoms with Crippen LogP contribution in [-0.4, -0.2) is 16.0 Å². The van der Waals surface area contributed by atoms with Gasteiger partial charge in [-0.05, 0) is 31.5 Å². The molecule has 1 amide bonds. The molecule has 6 nitrogen and oxygen atoms in total. The molecule has 0 spiro atoms. The van der Waals surface area contributed by atoms with Crippen molar-refractivity contribution in [2.45, 2.75) is 26.3 Å². The van der Waals surface area contributed by atoms with Crippen LogP contribution < -0.4 is 11.1 Å². The molecular formula is C13H16N4O2. The zero-order valence-corrected chi connectivity index (χ0v) is 10.9. The third-order valence-corrected chi connectivity index (χ3v) is 2.79. The van der Waals surface area contributed by atoms with Crippen molar-refractivity contribution in [3.8, 4) is 0 Å². The molecule has 2 aromatic rings. The highest BCUT2D eigenvalue weighted by Crippen LogP contribution is 2.17. The Morgan fingerprint density at radius 1 is 1.53 bits per heavy atom. The van der Waals surface area contributed by atoms with E-state index in [4.69, 9.17) is 10.3 Å². The van der Waals surface area contributed by atoms with Crippen LogP contribution in [0.5, 0.6) is 0 Å². The van der Waals surface area contributed by atoms with Gasteiger partial charge in [0.15, 0.2) is 5.82 Å². The number of benzene rings is 1.